The standard InChI is InChI=1S/C26H28N2O5/c29-23(30)22-12-15-28(22)24(31)26(13-6-1-7-14-26)27-25(32)33-16-21-19-10-4-2-8-17(19)18-9-3-5-11-20(18)21/h2-5,8-11,21-22H,1,6-7,12-16H2,(H,27,32)(H,29,30). The predicted octanol–water partition coefficient (Wildman–Crippen LogP) is 3.91. The van der Waals surface area contributed by atoms with Crippen LogP contribution in [0.1, 0.15) is 55.6 Å². The van der Waals surface area contributed by atoms with E-state index in [0.717, 1.165) is 41.5 Å². The van der Waals surface area contributed by atoms with Gasteiger partial charge in [0, 0.05) is 12.5 Å². The Labute approximate surface area is 192 Å². The maximum Gasteiger partial charge on any atom is 0.408 e. The highest BCUT2D eigenvalue weighted by Gasteiger charge is 2.49. The van der Waals surface area contributed by atoms with Crippen LogP contribution in [0.2, 0.25) is 0 Å². The summed E-state index contributed by atoms with van der Waals surface area (Å²) in [5.41, 5.74) is 3.46. The molecule has 2 N–H and O–H groups in total. The van der Waals surface area contributed by atoms with E-state index < -0.39 is 23.6 Å². The van der Waals surface area contributed by atoms with Crippen LogP contribution in [0.3, 0.4) is 0 Å². The minimum atomic E-state index is -1.09. The summed E-state index contributed by atoms with van der Waals surface area (Å²) >= 11 is 0. The van der Waals surface area contributed by atoms with Gasteiger partial charge in [-0.2, -0.15) is 0 Å². The summed E-state index contributed by atoms with van der Waals surface area (Å²) in [7, 11) is 0. The summed E-state index contributed by atoms with van der Waals surface area (Å²) in [5, 5.41) is 12.2. The molecule has 1 heterocycles. The quantitative estimate of drug-likeness (QED) is 0.723. The van der Waals surface area contributed by atoms with Crippen LogP contribution in [-0.2, 0) is 14.3 Å². The highest BCUT2D eigenvalue weighted by Crippen LogP contribution is 2.44. The van der Waals surface area contributed by atoms with Gasteiger partial charge in [-0.15, -0.1) is 0 Å². The lowest BCUT2D eigenvalue weighted by molar-refractivity contribution is -0.161. The van der Waals surface area contributed by atoms with Gasteiger partial charge in [-0.25, -0.2) is 9.59 Å². The van der Waals surface area contributed by atoms with Crippen molar-refractivity contribution in [2.24, 2.45) is 0 Å². The number of carbonyl (C=O) groups is 3. The average molecular weight is 449 g/mol. The van der Waals surface area contributed by atoms with Crippen molar-refractivity contribution in [2.75, 3.05) is 13.2 Å². The third kappa shape index (κ3) is 3.75. The average Bonchev–Trinajstić information content (AvgIpc) is 3.11. The molecule has 2 aromatic carbocycles. The molecular formula is C26H28N2O5. The Morgan fingerprint density at radius 2 is 1.58 bits per heavy atom. The lowest BCUT2D eigenvalue weighted by Gasteiger charge is -2.46. The van der Waals surface area contributed by atoms with E-state index in [0.29, 0.717) is 25.8 Å². The fourth-order valence-corrected chi connectivity index (χ4v) is 5.54. The molecule has 2 aromatic rings. The minimum absolute atomic E-state index is 0.0621. The molecule has 33 heavy (non-hydrogen) atoms. The fraction of sp³-hybridized carbons (Fsp3) is 0.423. The molecule has 0 radical (unpaired) electrons. The van der Waals surface area contributed by atoms with Crippen LogP contribution < -0.4 is 5.32 Å². The summed E-state index contributed by atoms with van der Waals surface area (Å²) < 4.78 is 5.69. The number of nitrogens with one attached hydrogen (secondary N) is 1. The number of ether oxygens (including phenoxy) is 1. The minimum Gasteiger partial charge on any atom is -0.480 e. The Bertz CT molecular complexity index is 1050. The molecule has 0 spiro atoms. The molecule has 7 heteroatoms. The molecule has 1 unspecified atom stereocenters. The number of fused-ring (bicyclic) bond motifs is 3. The zero-order valence-electron chi connectivity index (χ0n) is 18.5. The number of hydrogen-bond donors (Lipinski definition) is 2. The van der Waals surface area contributed by atoms with E-state index >= 15 is 0 Å². The number of likely N-dealkylation sites (tertiary alicyclic amines) is 1. The molecule has 0 aromatic heterocycles. The van der Waals surface area contributed by atoms with Crippen molar-refractivity contribution in [1.29, 1.82) is 0 Å². The first-order valence-corrected chi connectivity index (χ1v) is 11.7. The summed E-state index contributed by atoms with van der Waals surface area (Å²) in [5.74, 6) is -1.36. The summed E-state index contributed by atoms with van der Waals surface area (Å²) in [6.07, 6.45) is 3.42. The van der Waals surface area contributed by atoms with E-state index in [9.17, 15) is 19.5 Å². The van der Waals surface area contributed by atoms with Gasteiger partial charge in [0.15, 0.2) is 0 Å². The maximum atomic E-state index is 13.3. The Hall–Kier alpha value is -3.35. The Morgan fingerprint density at radius 1 is 0.970 bits per heavy atom. The topological polar surface area (TPSA) is 95.9 Å². The van der Waals surface area contributed by atoms with Crippen LogP contribution >= 0.6 is 0 Å². The van der Waals surface area contributed by atoms with Crippen LogP contribution in [0, 0.1) is 0 Å². The van der Waals surface area contributed by atoms with Crippen LogP contribution in [0.5, 0.6) is 0 Å². The van der Waals surface area contributed by atoms with Gasteiger partial charge in [-0.3, -0.25) is 4.79 Å². The van der Waals surface area contributed by atoms with Crippen molar-refractivity contribution in [1.82, 2.24) is 10.2 Å². The normalized spacial score (nSPS) is 20.8. The zero-order valence-corrected chi connectivity index (χ0v) is 18.5. The van der Waals surface area contributed by atoms with Crippen molar-refractivity contribution in [3.05, 3.63) is 59.7 Å². The maximum absolute atomic E-state index is 13.3. The molecule has 2 fully saturated rings. The Kier molecular flexibility index (Phi) is 5.56. The van der Waals surface area contributed by atoms with E-state index in [-0.39, 0.29) is 18.4 Å². The second-order valence-electron chi connectivity index (χ2n) is 9.23. The van der Waals surface area contributed by atoms with Crippen LogP contribution in [0.25, 0.3) is 11.1 Å². The molecule has 1 saturated heterocycles. The van der Waals surface area contributed by atoms with Crippen LogP contribution in [-0.4, -0.2) is 52.7 Å². The molecule has 3 aliphatic rings. The van der Waals surface area contributed by atoms with E-state index in [1.807, 2.05) is 24.3 Å². The number of carbonyl (C=O) groups excluding carboxylic acids is 2. The second kappa shape index (κ2) is 8.54. The number of rotatable bonds is 5. The smallest absolute Gasteiger partial charge is 0.408 e. The van der Waals surface area contributed by atoms with Crippen LogP contribution in [0.4, 0.5) is 4.79 Å². The van der Waals surface area contributed by atoms with Gasteiger partial charge in [0.25, 0.3) is 0 Å². The number of carboxylic acids is 1. The first kappa shape index (κ1) is 21.5. The van der Waals surface area contributed by atoms with Crippen molar-refractivity contribution in [2.45, 2.75) is 56.0 Å². The van der Waals surface area contributed by atoms with Gasteiger partial charge in [0.05, 0.1) is 0 Å². The Morgan fingerprint density at radius 3 is 2.12 bits per heavy atom. The fourth-order valence-electron chi connectivity index (χ4n) is 5.54. The molecule has 172 valence electrons. The largest absolute Gasteiger partial charge is 0.480 e. The number of aliphatic carboxylic acids is 1. The third-order valence-electron chi connectivity index (χ3n) is 7.37. The van der Waals surface area contributed by atoms with E-state index in [1.54, 1.807) is 0 Å². The highest BCUT2D eigenvalue weighted by atomic mass is 16.5. The number of benzene rings is 2. The van der Waals surface area contributed by atoms with E-state index in [2.05, 4.69) is 29.6 Å². The summed E-state index contributed by atoms with van der Waals surface area (Å²) in [6, 6.07) is 15.5. The van der Waals surface area contributed by atoms with Crippen molar-refractivity contribution < 1.29 is 24.2 Å². The van der Waals surface area contributed by atoms with Crippen molar-refractivity contribution in [3.63, 3.8) is 0 Å². The van der Waals surface area contributed by atoms with E-state index in [4.69, 9.17) is 4.74 Å². The number of alkyl carbamates (subject to hydrolysis) is 1. The van der Waals surface area contributed by atoms with Gasteiger partial charge in [0.1, 0.15) is 18.2 Å². The third-order valence-corrected chi connectivity index (χ3v) is 7.37. The number of amides is 2. The number of hydrogen-bond acceptors (Lipinski definition) is 4. The summed E-state index contributed by atoms with van der Waals surface area (Å²) in [6.45, 7) is 0.579. The molecule has 7 nitrogen and oxygen atoms in total. The van der Waals surface area contributed by atoms with Crippen molar-refractivity contribution in [3.8, 4) is 11.1 Å². The monoisotopic (exact) mass is 448 g/mol. The summed E-state index contributed by atoms with van der Waals surface area (Å²) in [4.78, 5) is 39.1. The van der Waals surface area contributed by atoms with Gasteiger partial charge in [-0.1, -0.05) is 67.8 Å². The molecule has 1 aliphatic heterocycles. The molecule has 1 atom stereocenters. The molecule has 2 aliphatic carbocycles. The highest BCUT2D eigenvalue weighted by molar-refractivity contribution is 5.94. The number of carboxylic acid groups (broad SMARTS) is 1. The van der Waals surface area contributed by atoms with Gasteiger partial charge < -0.3 is 20.1 Å². The van der Waals surface area contributed by atoms with Crippen LogP contribution in [0.15, 0.2) is 48.5 Å². The van der Waals surface area contributed by atoms with E-state index in [1.165, 1.54) is 4.90 Å². The molecular weight excluding hydrogens is 420 g/mol. The molecule has 2 amide bonds. The van der Waals surface area contributed by atoms with Crippen molar-refractivity contribution >= 4 is 18.0 Å². The Balaban J connectivity index is 1.30. The molecule has 1 saturated carbocycles. The van der Waals surface area contributed by atoms with Gasteiger partial charge in [-0.05, 0) is 41.5 Å². The lowest BCUT2D eigenvalue weighted by atomic mass is 9.79. The lowest BCUT2D eigenvalue weighted by Crippen LogP contribution is -2.66. The van der Waals surface area contributed by atoms with Gasteiger partial charge in [0.2, 0.25) is 5.91 Å². The second-order valence-corrected chi connectivity index (χ2v) is 9.23. The van der Waals surface area contributed by atoms with Gasteiger partial charge >= 0.3 is 12.1 Å². The predicted molar refractivity (Wildman–Crippen MR) is 122 cm³/mol. The number of nitrogens with zero attached hydrogens (tertiary/aromatic N) is 1. The SMILES string of the molecule is O=C(NC1(C(=O)N2CCC2C(=O)O)CCCCC1)OCC1c2ccccc2-c2ccccc21. The molecule has 5 rings (SSSR count). The molecule has 0 bridgehead atoms. The first-order valence-electron chi connectivity index (χ1n) is 11.7. The zero-order chi connectivity index (χ0) is 23.0. The first-order chi connectivity index (χ1) is 16.0.